The monoisotopic (exact) mass is 495 g/mol. The number of nitrogens with zero attached hydrogens (tertiary/aromatic N) is 6. The predicted molar refractivity (Wildman–Crippen MR) is 145 cm³/mol. The molecule has 2 aromatic heterocycles. The first-order chi connectivity index (χ1) is 18.3. The fraction of sp³-hybridized carbons (Fsp3) is 0.500. The molecule has 7 nitrogen and oxygen atoms in total. The van der Waals surface area contributed by atoms with Gasteiger partial charge in [-0.2, -0.15) is 10.3 Å². The zero-order valence-electron chi connectivity index (χ0n) is 21.6. The fourth-order valence-corrected chi connectivity index (χ4v) is 6.25. The Morgan fingerprint density at radius 2 is 1.54 bits per heavy atom. The standard InChI is InChI=1S/C30H37N7/c1-3-9-22(10-4-1)17-20-28-31-29(37(34-28)25-11-5-2-6-12-25)21-23-15-18-24(19-16-23)26-13-7-8-14-27(26)30-32-35-36-33-30/h7-8,13-16,18-19,22,25H,1-6,9-12,17,20-21H2,(H,32,33,35,36). The summed E-state index contributed by atoms with van der Waals surface area (Å²) in [6, 6.07) is 17.5. The van der Waals surface area contributed by atoms with Gasteiger partial charge in [0, 0.05) is 18.4 Å². The molecule has 2 heterocycles. The molecule has 0 spiro atoms. The molecule has 2 fully saturated rings. The topological polar surface area (TPSA) is 85.2 Å². The Hall–Kier alpha value is -3.35. The van der Waals surface area contributed by atoms with Crippen molar-refractivity contribution < 1.29 is 0 Å². The second kappa shape index (κ2) is 11.4. The van der Waals surface area contributed by atoms with Crippen molar-refractivity contribution in [3.8, 4) is 22.5 Å². The van der Waals surface area contributed by atoms with Crippen molar-refractivity contribution in [1.29, 1.82) is 0 Å². The molecule has 0 unspecified atom stereocenters. The number of hydrogen-bond donors (Lipinski definition) is 1. The summed E-state index contributed by atoms with van der Waals surface area (Å²) in [5.74, 6) is 3.66. The van der Waals surface area contributed by atoms with Crippen LogP contribution in [0.1, 0.15) is 93.9 Å². The Balaban J connectivity index is 1.21. The van der Waals surface area contributed by atoms with Crippen molar-refractivity contribution in [3.05, 3.63) is 65.7 Å². The zero-order valence-corrected chi connectivity index (χ0v) is 21.6. The lowest BCUT2D eigenvalue weighted by Crippen LogP contribution is -2.17. The smallest absolute Gasteiger partial charge is 0.205 e. The molecule has 4 aromatic rings. The van der Waals surface area contributed by atoms with Crippen LogP contribution in [-0.4, -0.2) is 35.4 Å². The molecule has 2 aliphatic rings. The summed E-state index contributed by atoms with van der Waals surface area (Å²) in [7, 11) is 0. The van der Waals surface area contributed by atoms with Gasteiger partial charge in [0.05, 0.1) is 6.04 Å². The van der Waals surface area contributed by atoms with Crippen molar-refractivity contribution >= 4 is 0 Å². The quantitative estimate of drug-likeness (QED) is 0.293. The third kappa shape index (κ3) is 5.65. The highest BCUT2D eigenvalue weighted by molar-refractivity contribution is 5.80. The molecule has 0 atom stereocenters. The summed E-state index contributed by atoms with van der Waals surface area (Å²) in [5.41, 5.74) is 4.49. The molecular weight excluding hydrogens is 458 g/mol. The van der Waals surface area contributed by atoms with E-state index in [1.165, 1.54) is 76.2 Å². The van der Waals surface area contributed by atoms with Crippen LogP contribution in [0.5, 0.6) is 0 Å². The van der Waals surface area contributed by atoms with E-state index in [-0.39, 0.29) is 0 Å². The zero-order chi connectivity index (χ0) is 24.9. The molecule has 0 radical (unpaired) electrons. The van der Waals surface area contributed by atoms with E-state index >= 15 is 0 Å². The second-order valence-corrected chi connectivity index (χ2v) is 10.9. The number of H-pyrrole nitrogens is 1. The molecule has 37 heavy (non-hydrogen) atoms. The largest absolute Gasteiger partial charge is 0.246 e. The Labute approximate surface area is 219 Å². The van der Waals surface area contributed by atoms with Crippen LogP contribution in [0.3, 0.4) is 0 Å². The van der Waals surface area contributed by atoms with Crippen molar-refractivity contribution in [1.82, 2.24) is 35.4 Å². The highest BCUT2D eigenvalue weighted by Gasteiger charge is 2.22. The molecule has 192 valence electrons. The van der Waals surface area contributed by atoms with Crippen LogP contribution in [0.15, 0.2) is 48.5 Å². The van der Waals surface area contributed by atoms with Crippen LogP contribution >= 0.6 is 0 Å². The summed E-state index contributed by atoms with van der Waals surface area (Å²) in [6.45, 7) is 0. The molecule has 2 aliphatic carbocycles. The van der Waals surface area contributed by atoms with Crippen molar-refractivity contribution in [2.45, 2.75) is 89.5 Å². The van der Waals surface area contributed by atoms with Gasteiger partial charge in [0.1, 0.15) is 5.82 Å². The van der Waals surface area contributed by atoms with E-state index in [4.69, 9.17) is 10.1 Å². The molecular formula is C30H37N7. The van der Waals surface area contributed by atoms with Crippen LogP contribution in [-0.2, 0) is 12.8 Å². The second-order valence-electron chi connectivity index (χ2n) is 10.9. The number of aromatic amines is 1. The minimum Gasteiger partial charge on any atom is -0.246 e. The maximum absolute atomic E-state index is 5.12. The summed E-state index contributed by atoms with van der Waals surface area (Å²) in [6.07, 6.45) is 16.5. The van der Waals surface area contributed by atoms with Gasteiger partial charge in [-0.3, -0.25) is 0 Å². The van der Waals surface area contributed by atoms with Gasteiger partial charge in [0.15, 0.2) is 5.82 Å². The van der Waals surface area contributed by atoms with Crippen molar-refractivity contribution in [3.63, 3.8) is 0 Å². The van der Waals surface area contributed by atoms with Gasteiger partial charge in [-0.15, -0.1) is 10.2 Å². The van der Waals surface area contributed by atoms with E-state index in [0.29, 0.717) is 11.9 Å². The molecule has 0 bridgehead atoms. The first kappa shape index (κ1) is 24.0. The maximum atomic E-state index is 5.12. The molecule has 2 saturated carbocycles. The SMILES string of the molecule is c1ccc(-c2nn[nH]n2)c(-c2ccc(Cc3nc(CCC4CCCCC4)nn3C3CCCCC3)cc2)c1. The van der Waals surface area contributed by atoms with Gasteiger partial charge in [-0.25, -0.2) is 9.67 Å². The minimum absolute atomic E-state index is 0.501. The van der Waals surface area contributed by atoms with Gasteiger partial charge >= 0.3 is 0 Å². The Bertz CT molecular complexity index is 1260. The summed E-state index contributed by atoms with van der Waals surface area (Å²) in [5, 5.41) is 19.8. The van der Waals surface area contributed by atoms with E-state index in [9.17, 15) is 0 Å². The maximum Gasteiger partial charge on any atom is 0.205 e. The Morgan fingerprint density at radius 3 is 2.27 bits per heavy atom. The average molecular weight is 496 g/mol. The number of hydrogen-bond acceptors (Lipinski definition) is 5. The Kier molecular flexibility index (Phi) is 7.37. The predicted octanol–water partition coefficient (Wildman–Crippen LogP) is 6.73. The van der Waals surface area contributed by atoms with E-state index < -0.39 is 0 Å². The van der Waals surface area contributed by atoms with Gasteiger partial charge in [-0.05, 0) is 47.1 Å². The molecule has 2 aromatic carbocycles. The lowest BCUT2D eigenvalue weighted by molar-refractivity contribution is 0.318. The van der Waals surface area contributed by atoms with Gasteiger partial charge in [0.2, 0.25) is 5.82 Å². The number of aryl methyl sites for hydroxylation is 1. The van der Waals surface area contributed by atoms with Crippen LogP contribution in [0.4, 0.5) is 0 Å². The van der Waals surface area contributed by atoms with E-state index in [1.54, 1.807) is 0 Å². The third-order valence-corrected chi connectivity index (χ3v) is 8.31. The molecule has 0 saturated heterocycles. The normalized spacial score (nSPS) is 17.3. The summed E-state index contributed by atoms with van der Waals surface area (Å²) < 4.78 is 2.30. The summed E-state index contributed by atoms with van der Waals surface area (Å²) >= 11 is 0. The van der Waals surface area contributed by atoms with Crippen LogP contribution < -0.4 is 0 Å². The van der Waals surface area contributed by atoms with Gasteiger partial charge in [-0.1, -0.05) is 99.9 Å². The third-order valence-electron chi connectivity index (χ3n) is 8.31. The molecule has 0 amide bonds. The van der Waals surface area contributed by atoms with E-state index in [1.807, 2.05) is 18.2 Å². The van der Waals surface area contributed by atoms with Crippen molar-refractivity contribution in [2.24, 2.45) is 5.92 Å². The fourth-order valence-electron chi connectivity index (χ4n) is 6.25. The average Bonchev–Trinajstić information content (AvgIpc) is 3.64. The number of nitrogens with one attached hydrogen (secondary N) is 1. The lowest BCUT2D eigenvalue weighted by atomic mass is 9.86. The van der Waals surface area contributed by atoms with Crippen molar-refractivity contribution in [2.75, 3.05) is 0 Å². The highest BCUT2D eigenvalue weighted by atomic mass is 15.5. The minimum atomic E-state index is 0.501. The highest BCUT2D eigenvalue weighted by Crippen LogP contribution is 2.32. The number of rotatable bonds is 8. The van der Waals surface area contributed by atoms with Crippen LogP contribution in [0, 0.1) is 5.92 Å². The number of benzene rings is 2. The lowest BCUT2D eigenvalue weighted by Gasteiger charge is -2.23. The van der Waals surface area contributed by atoms with E-state index in [0.717, 1.165) is 47.1 Å². The molecule has 1 N–H and O–H groups in total. The number of aromatic nitrogens is 7. The first-order valence-electron chi connectivity index (χ1n) is 14.2. The molecule has 6 rings (SSSR count). The van der Waals surface area contributed by atoms with Crippen LogP contribution in [0.2, 0.25) is 0 Å². The number of tetrazole rings is 1. The molecule has 0 aliphatic heterocycles. The Morgan fingerprint density at radius 1 is 0.811 bits per heavy atom. The van der Waals surface area contributed by atoms with E-state index in [2.05, 4.69) is 55.6 Å². The molecule has 7 heteroatoms. The van der Waals surface area contributed by atoms with Gasteiger partial charge < -0.3 is 0 Å². The summed E-state index contributed by atoms with van der Waals surface area (Å²) in [4.78, 5) is 5.12. The van der Waals surface area contributed by atoms with Crippen LogP contribution in [0.25, 0.3) is 22.5 Å². The van der Waals surface area contributed by atoms with Gasteiger partial charge in [0.25, 0.3) is 0 Å². The first-order valence-corrected chi connectivity index (χ1v) is 14.2.